The van der Waals surface area contributed by atoms with Gasteiger partial charge in [0.15, 0.2) is 0 Å². The SMILES string of the molecule is Cn1ncc([N+](=O)[O-])c1[C@H]1CC[C@H](NC(=O)OC(C)(C)C)[C@H](F)CO1. The van der Waals surface area contributed by atoms with Crippen molar-refractivity contribution < 1.29 is 23.6 Å². The first-order chi connectivity index (χ1) is 11.6. The van der Waals surface area contributed by atoms with E-state index in [1.54, 1.807) is 27.8 Å². The third kappa shape index (κ3) is 4.88. The molecule has 1 aromatic heterocycles. The van der Waals surface area contributed by atoms with Crippen LogP contribution in [0.5, 0.6) is 0 Å². The fourth-order valence-corrected chi connectivity index (χ4v) is 2.71. The van der Waals surface area contributed by atoms with Crippen LogP contribution in [0, 0.1) is 10.1 Å². The third-order valence-electron chi connectivity index (χ3n) is 3.80. The topological polar surface area (TPSA) is 109 Å². The summed E-state index contributed by atoms with van der Waals surface area (Å²) in [6.07, 6.45) is -1.10. The lowest BCUT2D eigenvalue weighted by molar-refractivity contribution is -0.386. The highest BCUT2D eigenvalue weighted by Gasteiger charge is 2.35. The average molecular weight is 358 g/mol. The van der Waals surface area contributed by atoms with Crippen molar-refractivity contribution in [1.29, 1.82) is 0 Å². The normalized spacial score (nSPS) is 24.4. The molecule has 0 radical (unpaired) electrons. The van der Waals surface area contributed by atoms with E-state index in [4.69, 9.17) is 9.47 Å². The lowest BCUT2D eigenvalue weighted by Crippen LogP contribution is -2.44. The molecule has 0 aliphatic carbocycles. The number of nitrogens with zero attached hydrogens (tertiary/aromatic N) is 3. The van der Waals surface area contributed by atoms with Gasteiger partial charge in [0.2, 0.25) is 0 Å². The zero-order chi connectivity index (χ0) is 18.8. The Labute approximate surface area is 144 Å². The predicted molar refractivity (Wildman–Crippen MR) is 85.8 cm³/mol. The van der Waals surface area contributed by atoms with Crippen LogP contribution < -0.4 is 5.32 Å². The van der Waals surface area contributed by atoms with Crippen molar-refractivity contribution in [2.75, 3.05) is 6.61 Å². The van der Waals surface area contributed by atoms with Gasteiger partial charge >= 0.3 is 11.8 Å². The highest BCUT2D eigenvalue weighted by molar-refractivity contribution is 5.68. The number of alkyl halides is 1. The molecular weight excluding hydrogens is 335 g/mol. The average Bonchev–Trinajstić information content (AvgIpc) is 2.77. The first-order valence-electron chi connectivity index (χ1n) is 8.00. The second-order valence-corrected chi connectivity index (χ2v) is 6.96. The van der Waals surface area contributed by atoms with Crippen LogP contribution in [0.1, 0.15) is 45.4 Å². The summed E-state index contributed by atoms with van der Waals surface area (Å²) in [4.78, 5) is 22.4. The maximum Gasteiger partial charge on any atom is 0.407 e. The zero-order valence-corrected chi connectivity index (χ0v) is 14.7. The van der Waals surface area contributed by atoms with Gasteiger partial charge in [0.1, 0.15) is 29.8 Å². The number of rotatable bonds is 3. The van der Waals surface area contributed by atoms with Crippen LogP contribution in [-0.2, 0) is 16.5 Å². The molecule has 0 spiro atoms. The molecule has 0 aromatic carbocycles. The number of nitro groups is 1. The standard InChI is InChI=1S/C15H23FN4O5/c1-15(2,3)25-14(21)18-10-5-6-12(24-8-9(10)16)13-11(20(22)23)7-17-19(13)4/h7,9-10,12H,5-6,8H2,1-4H3,(H,18,21)/t9-,10+,12-/m1/s1. The number of amides is 1. The molecule has 3 atom stereocenters. The van der Waals surface area contributed by atoms with Crippen molar-refractivity contribution in [2.45, 2.75) is 57.5 Å². The van der Waals surface area contributed by atoms with Gasteiger partial charge in [-0.15, -0.1) is 0 Å². The number of ether oxygens (including phenoxy) is 2. The lowest BCUT2D eigenvalue weighted by Gasteiger charge is -2.24. The van der Waals surface area contributed by atoms with Crippen molar-refractivity contribution in [3.8, 4) is 0 Å². The van der Waals surface area contributed by atoms with E-state index in [9.17, 15) is 19.3 Å². The van der Waals surface area contributed by atoms with Gasteiger partial charge in [0, 0.05) is 7.05 Å². The van der Waals surface area contributed by atoms with Crippen LogP contribution in [0.4, 0.5) is 14.9 Å². The Kier molecular flexibility index (Phi) is 5.61. The smallest absolute Gasteiger partial charge is 0.407 e. The first-order valence-corrected chi connectivity index (χ1v) is 8.00. The molecule has 10 heteroatoms. The Morgan fingerprint density at radius 3 is 2.80 bits per heavy atom. The van der Waals surface area contributed by atoms with Crippen molar-refractivity contribution in [3.05, 3.63) is 22.0 Å². The van der Waals surface area contributed by atoms with Gasteiger partial charge in [-0.2, -0.15) is 5.10 Å². The van der Waals surface area contributed by atoms with E-state index in [2.05, 4.69) is 10.4 Å². The van der Waals surface area contributed by atoms with Crippen LogP contribution in [0.25, 0.3) is 0 Å². The Balaban J connectivity index is 2.07. The minimum absolute atomic E-state index is 0.165. The van der Waals surface area contributed by atoms with Crippen molar-refractivity contribution in [1.82, 2.24) is 15.1 Å². The van der Waals surface area contributed by atoms with Crippen molar-refractivity contribution in [2.24, 2.45) is 7.05 Å². The molecule has 1 fully saturated rings. The second kappa shape index (κ2) is 7.34. The summed E-state index contributed by atoms with van der Waals surface area (Å²) in [6.45, 7) is 4.86. The van der Waals surface area contributed by atoms with Crippen LogP contribution in [0.3, 0.4) is 0 Å². The number of halogens is 1. The van der Waals surface area contributed by atoms with Crippen LogP contribution in [-0.4, -0.2) is 45.2 Å². The van der Waals surface area contributed by atoms with Crippen molar-refractivity contribution in [3.63, 3.8) is 0 Å². The number of hydrogen-bond acceptors (Lipinski definition) is 6. The van der Waals surface area contributed by atoms with E-state index in [1.165, 1.54) is 4.68 Å². The Bertz CT molecular complexity index is 642. The summed E-state index contributed by atoms with van der Waals surface area (Å²) in [7, 11) is 1.57. The Morgan fingerprint density at radius 1 is 1.52 bits per heavy atom. The molecule has 0 unspecified atom stereocenters. The van der Waals surface area contributed by atoms with Gasteiger partial charge in [-0.3, -0.25) is 14.8 Å². The highest BCUT2D eigenvalue weighted by atomic mass is 19.1. The molecule has 1 N–H and O–H groups in total. The highest BCUT2D eigenvalue weighted by Crippen LogP contribution is 2.33. The van der Waals surface area contributed by atoms with E-state index in [0.717, 1.165) is 6.20 Å². The van der Waals surface area contributed by atoms with E-state index >= 15 is 0 Å². The molecular formula is C15H23FN4O5. The Morgan fingerprint density at radius 2 is 2.20 bits per heavy atom. The van der Waals surface area contributed by atoms with Gasteiger partial charge in [0.25, 0.3) is 0 Å². The number of aryl methyl sites for hydroxylation is 1. The number of aromatic nitrogens is 2. The molecule has 0 bridgehead atoms. The summed E-state index contributed by atoms with van der Waals surface area (Å²) < 4.78 is 26.3. The molecule has 1 amide bonds. The Hall–Kier alpha value is -2.23. The van der Waals surface area contributed by atoms with Gasteiger partial charge in [-0.05, 0) is 33.6 Å². The number of hydrogen-bond donors (Lipinski definition) is 1. The van der Waals surface area contributed by atoms with Gasteiger partial charge in [-0.1, -0.05) is 0 Å². The number of carbonyl (C=O) groups excluding carboxylic acids is 1. The van der Waals surface area contributed by atoms with Crippen LogP contribution in [0.15, 0.2) is 6.20 Å². The van der Waals surface area contributed by atoms with E-state index < -0.39 is 34.9 Å². The summed E-state index contributed by atoms with van der Waals surface area (Å²) in [6, 6.07) is -0.785. The van der Waals surface area contributed by atoms with Gasteiger partial charge in [-0.25, -0.2) is 9.18 Å². The molecule has 0 saturated carbocycles. The largest absolute Gasteiger partial charge is 0.444 e. The number of carbonyl (C=O) groups is 1. The third-order valence-corrected chi connectivity index (χ3v) is 3.80. The first kappa shape index (κ1) is 19.1. The summed E-state index contributed by atoms with van der Waals surface area (Å²) in [5, 5.41) is 17.5. The number of alkyl carbamates (subject to hydrolysis) is 1. The van der Waals surface area contributed by atoms with Gasteiger partial charge < -0.3 is 14.8 Å². The van der Waals surface area contributed by atoms with Crippen LogP contribution >= 0.6 is 0 Å². The summed E-state index contributed by atoms with van der Waals surface area (Å²) in [5.41, 5.74) is -0.564. The minimum atomic E-state index is -1.44. The zero-order valence-electron chi connectivity index (χ0n) is 14.7. The minimum Gasteiger partial charge on any atom is -0.444 e. The fraction of sp³-hybridized carbons (Fsp3) is 0.733. The summed E-state index contributed by atoms with van der Waals surface area (Å²) in [5.74, 6) is 0. The molecule has 1 aromatic rings. The maximum atomic E-state index is 14.3. The predicted octanol–water partition coefficient (Wildman–Crippen LogP) is 2.41. The molecule has 2 heterocycles. The van der Waals surface area contributed by atoms with E-state index in [0.29, 0.717) is 6.42 Å². The quantitative estimate of drug-likeness (QED) is 0.656. The molecule has 2 rings (SSSR count). The molecule has 1 aliphatic heterocycles. The fourth-order valence-electron chi connectivity index (χ4n) is 2.71. The van der Waals surface area contributed by atoms with Gasteiger partial charge in [0.05, 0.1) is 17.6 Å². The van der Waals surface area contributed by atoms with E-state index in [-0.39, 0.29) is 24.4 Å². The van der Waals surface area contributed by atoms with Crippen LogP contribution in [0.2, 0.25) is 0 Å². The maximum absolute atomic E-state index is 14.3. The monoisotopic (exact) mass is 358 g/mol. The number of nitrogens with one attached hydrogen (secondary N) is 1. The van der Waals surface area contributed by atoms with E-state index in [1.807, 2.05) is 0 Å². The molecule has 9 nitrogen and oxygen atoms in total. The second-order valence-electron chi connectivity index (χ2n) is 6.96. The molecule has 140 valence electrons. The lowest BCUT2D eigenvalue weighted by atomic mass is 10.0. The molecule has 25 heavy (non-hydrogen) atoms. The summed E-state index contributed by atoms with van der Waals surface area (Å²) >= 11 is 0. The molecule has 1 saturated heterocycles. The van der Waals surface area contributed by atoms with Crippen molar-refractivity contribution >= 4 is 11.8 Å². The molecule has 1 aliphatic rings.